The second-order valence-electron chi connectivity index (χ2n) is 15.3. The van der Waals surface area contributed by atoms with Crippen LogP contribution in [-0.2, 0) is 0 Å². The van der Waals surface area contributed by atoms with Crippen LogP contribution >= 0.6 is 0 Å². The number of rotatable bonds is 5. The standard InChI is InChI=1S/C41H27N.C10H12.C5H10/c1-26-8-2-3-9-31(26)33-23-17-29-18-24-36-32(22-16-28-19-25-37(33)41(29)40(28)36)27-14-20-30(21-15-27)42-38-12-6-4-10-34(38)35-11-5-7-13-39(35)42;1-8(2)10-7-5-4-6-9(10)3;1-4-5(2)3/h2-25H,1H3;4-7H,1H2,2-3H3;2,4H2,1,3H3. The van der Waals surface area contributed by atoms with Crippen LogP contribution in [0.3, 0.4) is 0 Å². The summed E-state index contributed by atoms with van der Waals surface area (Å²) in [5.41, 5.74) is 15.0. The van der Waals surface area contributed by atoms with Gasteiger partial charge in [-0.05, 0) is 130 Å². The second-order valence-corrected chi connectivity index (χ2v) is 15.3. The number of aryl methyl sites for hydroxylation is 2. The average Bonchev–Trinajstić information content (AvgIpc) is 3.58. The lowest BCUT2D eigenvalue weighted by molar-refractivity contribution is 1.11. The molecule has 0 spiro atoms. The predicted octanol–water partition coefficient (Wildman–Crippen LogP) is 16.3. The van der Waals surface area contributed by atoms with Crippen molar-refractivity contribution in [2.75, 3.05) is 0 Å². The van der Waals surface area contributed by atoms with Crippen molar-refractivity contribution in [1.29, 1.82) is 0 Å². The predicted molar refractivity (Wildman–Crippen MR) is 251 cm³/mol. The van der Waals surface area contributed by atoms with E-state index in [9.17, 15) is 0 Å². The van der Waals surface area contributed by atoms with Crippen molar-refractivity contribution in [3.05, 3.63) is 205 Å². The molecule has 9 aromatic carbocycles. The summed E-state index contributed by atoms with van der Waals surface area (Å²) in [5.74, 6) is 0. The molecular formula is C56H49N. The average molecular weight is 736 g/mol. The molecule has 0 unspecified atom stereocenters. The first-order valence-electron chi connectivity index (χ1n) is 20.0. The van der Waals surface area contributed by atoms with Crippen molar-refractivity contribution in [3.8, 4) is 27.9 Å². The van der Waals surface area contributed by atoms with Gasteiger partial charge in [-0.15, -0.1) is 6.58 Å². The Hall–Kier alpha value is -6.70. The van der Waals surface area contributed by atoms with E-state index in [1.54, 1.807) is 0 Å². The summed E-state index contributed by atoms with van der Waals surface area (Å²) >= 11 is 0. The first kappa shape index (κ1) is 37.2. The Balaban J connectivity index is 0.000000258. The first-order chi connectivity index (χ1) is 27.7. The fourth-order valence-electron chi connectivity index (χ4n) is 8.21. The minimum Gasteiger partial charge on any atom is -0.309 e. The van der Waals surface area contributed by atoms with Gasteiger partial charge in [0, 0.05) is 16.5 Å². The smallest absolute Gasteiger partial charge is 0.0541 e. The molecule has 0 saturated heterocycles. The molecule has 0 bridgehead atoms. The van der Waals surface area contributed by atoms with Crippen molar-refractivity contribution >= 4 is 59.7 Å². The monoisotopic (exact) mass is 735 g/mol. The van der Waals surface area contributed by atoms with Crippen LogP contribution in [0.2, 0.25) is 0 Å². The summed E-state index contributed by atoms with van der Waals surface area (Å²) in [5, 5.41) is 10.5. The van der Waals surface area contributed by atoms with Crippen LogP contribution in [0.25, 0.3) is 87.6 Å². The highest BCUT2D eigenvalue weighted by Gasteiger charge is 2.16. The van der Waals surface area contributed by atoms with Crippen LogP contribution in [0.5, 0.6) is 0 Å². The molecular weight excluding hydrogens is 687 g/mol. The fraction of sp³-hybridized carbons (Fsp3) is 0.107. The van der Waals surface area contributed by atoms with Gasteiger partial charge in [-0.25, -0.2) is 0 Å². The third-order valence-corrected chi connectivity index (χ3v) is 11.3. The number of fused-ring (bicyclic) bond motifs is 3. The number of aromatic nitrogens is 1. The largest absolute Gasteiger partial charge is 0.309 e. The maximum atomic E-state index is 3.89. The maximum Gasteiger partial charge on any atom is 0.0541 e. The van der Waals surface area contributed by atoms with Gasteiger partial charge in [-0.3, -0.25) is 0 Å². The number of benzene rings is 9. The lowest BCUT2D eigenvalue weighted by Crippen LogP contribution is -1.94. The summed E-state index contributed by atoms with van der Waals surface area (Å²) in [6, 6.07) is 61.8. The first-order valence-corrected chi connectivity index (χ1v) is 20.0. The van der Waals surface area contributed by atoms with Crippen LogP contribution < -0.4 is 0 Å². The Morgan fingerprint density at radius 3 is 1.46 bits per heavy atom. The molecule has 0 aliphatic rings. The van der Waals surface area contributed by atoms with Gasteiger partial charge >= 0.3 is 0 Å². The number of para-hydroxylation sites is 2. The molecule has 0 aliphatic heterocycles. The van der Waals surface area contributed by atoms with Gasteiger partial charge < -0.3 is 4.57 Å². The van der Waals surface area contributed by atoms with Crippen LogP contribution in [-0.4, -0.2) is 4.57 Å². The zero-order chi connectivity index (χ0) is 39.6. The highest BCUT2D eigenvalue weighted by Crippen LogP contribution is 2.43. The number of hydrogen-bond acceptors (Lipinski definition) is 0. The summed E-state index contributed by atoms with van der Waals surface area (Å²) < 4.78 is 2.38. The Morgan fingerprint density at radius 2 is 0.930 bits per heavy atom. The third-order valence-electron chi connectivity index (χ3n) is 11.3. The number of nitrogens with zero attached hydrogens (tertiary/aromatic N) is 1. The number of allylic oxidation sites excluding steroid dienone is 2. The van der Waals surface area contributed by atoms with Crippen molar-refractivity contribution in [3.63, 3.8) is 0 Å². The van der Waals surface area contributed by atoms with Gasteiger partial charge in [0.25, 0.3) is 0 Å². The van der Waals surface area contributed by atoms with E-state index in [0.29, 0.717) is 0 Å². The van der Waals surface area contributed by atoms with Crippen LogP contribution in [0.15, 0.2) is 189 Å². The SMILES string of the molecule is C=C(C)CC.C=C(C)c1ccccc1C.Cc1ccccc1-c1ccc2ccc3c(-c4ccc(-n5c6ccccc6c6ccccc65)cc4)ccc4ccc1c2c43. The summed E-state index contributed by atoms with van der Waals surface area (Å²) in [6.45, 7) is 18.0. The third kappa shape index (κ3) is 7.03. The normalized spacial score (nSPS) is 11.1. The lowest BCUT2D eigenvalue weighted by atomic mass is 9.86. The van der Waals surface area contributed by atoms with Crippen LogP contribution in [0.4, 0.5) is 0 Å². The molecule has 10 rings (SSSR count). The van der Waals surface area contributed by atoms with Crippen molar-refractivity contribution in [2.45, 2.75) is 41.0 Å². The molecule has 0 amide bonds. The quantitative estimate of drug-likeness (QED) is 0.123. The highest BCUT2D eigenvalue weighted by molar-refractivity contribution is 6.27. The second kappa shape index (κ2) is 15.8. The molecule has 1 heteroatoms. The molecule has 0 atom stereocenters. The minimum atomic E-state index is 1.11. The van der Waals surface area contributed by atoms with Gasteiger partial charge in [-0.2, -0.15) is 0 Å². The molecule has 0 N–H and O–H groups in total. The topological polar surface area (TPSA) is 4.93 Å². The molecule has 1 nitrogen and oxygen atoms in total. The van der Waals surface area contributed by atoms with Gasteiger partial charge in [0.05, 0.1) is 11.0 Å². The van der Waals surface area contributed by atoms with Crippen molar-refractivity contribution in [2.24, 2.45) is 0 Å². The lowest BCUT2D eigenvalue weighted by Gasteiger charge is -2.17. The molecule has 57 heavy (non-hydrogen) atoms. The minimum absolute atomic E-state index is 1.11. The van der Waals surface area contributed by atoms with Gasteiger partial charge in [0.15, 0.2) is 0 Å². The van der Waals surface area contributed by atoms with E-state index in [0.717, 1.165) is 12.0 Å². The Labute approximate surface area is 337 Å². The van der Waals surface area contributed by atoms with E-state index in [-0.39, 0.29) is 0 Å². The molecule has 0 radical (unpaired) electrons. The molecule has 10 aromatic rings. The maximum absolute atomic E-state index is 3.89. The Morgan fingerprint density at radius 1 is 0.456 bits per heavy atom. The molecule has 0 aliphatic carbocycles. The van der Waals surface area contributed by atoms with E-state index in [4.69, 9.17) is 0 Å². The highest BCUT2D eigenvalue weighted by atomic mass is 15.0. The molecule has 0 fully saturated rings. The fourth-order valence-corrected chi connectivity index (χ4v) is 8.21. The van der Waals surface area contributed by atoms with Crippen LogP contribution in [0, 0.1) is 13.8 Å². The summed E-state index contributed by atoms with van der Waals surface area (Å²) in [6.07, 6.45) is 1.11. The van der Waals surface area contributed by atoms with Crippen molar-refractivity contribution in [1.82, 2.24) is 4.57 Å². The van der Waals surface area contributed by atoms with Gasteiger partial charge in [0.2, 0.25) is 0 Å². The number of hydrogen-bond donors (Lipinski definition) is 0. The van der Waals surface area contributed by atoms with Gasteiger partial charge in [-0.1, -0.05) is 170 Å². The van der Waals surface area contributed by atoms with Gasteiger partial charge in [0.1, 0.15) is 0 Å². The van der Waals surface area contributed by atoms with Crippen molar-refractivity contribution < 1.29 is 0 Å². The van der Waals surface area contributed by atoms with E-state index < -0.39 is 0 Å². The van der Waals surface area contributed by atoms with Crippen LogP contribution in [0.1, 0.15) is 43.9 Å². The Kier molecular flexibility index (Phi) is 10.3. The van der Waals surface area contributed by atoms with E-state index in [1.165, 1.54) is 104 Å². The Bertz CT molecular complexity index is 3010. The molecule has 278 valence electrons. The molecule has 0 saturated carbocycles. The van der Waals surface area contributed by atoms with E-state index in [1.807, 2.05) is 26.0 Å². The zero-order valence-electron chi connectivity index (χ0n) is 33.7. The zero-order valence-corrected chi connectivity index (χ0v) is 33.7. The summed E-state index contributed by atoms with van der Waals surface area (Å²) in [4.78, 5) is 0. The van der Waals surface area contributed by atoms with E-state index in [2.05, 4.69) is 196 Å². The molecule has 1 heterocycles. The summed E-state index contributed by atoms with van der Waals surface area (Å²) in [7, 11) is 0. The molecule has 1 aromatic heterocycles. The van der Waals surface area contributed by atoms with E-state index >= 15 is 0 Å².